The monoisotopic (exact) mass is 274 g/mol. The topological polar surface area (TPSA) is 109 Å². The van der Waals surface area contributed by atoms with Crippen LogP contribution < -0.4 is 11.3 Å². The molecule has 0 radical (unpaired) electrons. The molecule has 18 heavy (non-hydrogen) atoms. The van der Waals surface area contributed by atoms with Crippen LogP contribution in [-0.2, 0) is 10.0 Å². The van der Waals surface area contributed by atoms with Gasteiger partial charge in [-0.1, -0.05) is 0 Å². The summed E-state index contributed by atoms with van der Waals surface area (Å²) in [4.78, 5) is 3.80. The Morgan fingerprint density at radius 2 is 2.28 bits per heavy atom. The van der Waals surface area contributed by atoms with Crippen molar-refractivity contribution in [3.8, 4) is 0 Å². The maximum atomic E-state index is 12.2. The van der Waals surface area contributed by atoms with Crippen molar-refractivity contribution in [1.82, 2.24) is 9.29 Å². The normalized spacial score (nSPS) is 13.6. The predicted octanol–water partition coefficient (Wildman–Crippen LogP) is -0.241. The lowest BCUT2D eigenvalue weighted by molar-refractivity contribution is 0.177. The minimum absolute atomic E-state index is 0.0144. The second-order valence-corrected chi connectivity index (χ2v) is 5.99. The number of aromatic nitrogens is 1. The third-order valence-corrected chi connectivity index (χ3v) is 4.37. The van der Waals surface area contributed by atoms with Crippen LogP contribution in [0.2, 0.25) is 0 Å². The molecule has 1 rings (SSSR count). The van der Waals surface area contributed by atoms with Gasteiger partial charge in [0.25, 0.3) is 0 Å². The molecule has 1 aromatic heterocycles. The first-order valence-corrected chi connectivity index (χ1v) is 6.88. The minimum Gasteiger partial charge on any atom is -0.393 e. The molecule has 1 heterocycles. The van der Waals surface area contributed by atoms with Crippen molar-refractivity contribution in [2.24, 2.45) is 5.84 Å². The van der Waals surface area contributed by atoms with Crippen LogP contribution in [0.4, 0.5) is 5.69 Å². The molecule has 1 unspecified atom stereocenters. The summed E-state index contributed by atoms with van der Waals surface area (Å²) >= 11 is 0. The number of nitrogen functional groups attached to an aromatic ring is 1. The summed E-state index contributed by atoms with van der Waals surface area (Å²) in [6, 6.07) is 1.48. The second-order valence-electron chi connectivity index (χ2n) is 3.98. The largest absolute Gasteiger partial charge is 0.393 e. The van der Waals surface area contributed by atoms with Gasteiger partial charge in [-0.3, -0.25) is 10.8 Å². The first-order chi connectivity index (χ1) is 8.39. The number of hydrogen-bond acceptors (Lipinski definition) is 6. The van der Waals surface area contributed by atoms with E-state index in [-0.39, 0.29) is 17.1 Å². The Labute approximate surface area is 107 Å². The SMILES string of the molecule is CC(O)CCN(C)S(=O)(=O)c1cnccc1NN. The maximum Gasteiger partial charge on any atom is 0.246 e. The van der Waals surface area contributed by atoms with Crippen LogP contribution >= 0.6 is 0 Å². The highest BCUT2D eigenvalue weighted by molar-refractivity contribution is 7.89. The van der Waals surface area contributed by atoms with Gasteiger partial charge in [-0.15, -0.1) is 0 Å². The van der Waals surface area contributed by atoms with Gasteiger partial charge in [0.2, 0.25) is 10.0 Å². The number of anilines is 1. The average Bonchev–Trinajstić information content (AvgIpc) is 2.35. The molecule has 1 atom stereocenters. The lowest BCUT2D eigenvalue weighted by Crippen LogP contribution is -2.30. The molecule has 0 fully saturated rings. The van der Waals surface area contributed by atoms with Crippen LogP contribution in [-0.4, -0.2) is 42.5 Å². The van der Waals surface area contributed by atoms with Crippen LogP contribution in [0, 0.1) is 0 Å². The van der Waals surface area contributed by atoms with E-state index in [4.69, 9.17) is 5.84 Å². The first kappa shape index (κ1) is 14.8. The quantitative estimate of drug-likeness (QED) is 0.488. The first-order valence-electron chi connectivity index (χ1n) is 5.44. The van der Waals surface area contributed by atoms with Gasteiger partial charge in [-0.2, -0.15) is 0 Å². The Hall–Kier alpha value is -1.22. The second kappa shape index (κ2) is 6.10. The number of nitrogens with one attached hydrogen (secondary N) is 1. The summed E-state index contributed by atoms with van der Waals surface area (Å²) in [6.07, 6.45) is 2.50. The van der Waals surface area contributed by atoms with Crippen molar-refractivity contribution in [1.29, 1.82) is 0 Å². The highest BCUT2D eigenvalue weighted by Crippen LogP contribution is 2.21. The van der Waals surface area contributed by atoms with Crippen molar-refractivity contribution >= 4 is 15.7 Å². The standard InChI is InChI=1S/C10H18N4O3S/c1-8(15)4-6-14(2)18(16,17)10-7-12-5-3-9(10)13-11/h3,5,7-8,15H,4,6,11H2,1-2H3,(H,12,13). The Bertz CT molecular complexity index is 490. The number of aliphatic hydroxyl groups is 1. The molecule has 0 spiro atoms. The molecule has 7 nitrogen and oxygen atoms in total. The molecule has 0 saturated carbocycles. The molecule has 0 amide bonds. The molecular formula is C10H18N4O3S. The Kier molecular flexibility index (Phi) is 5.03. The zero-order valence-corrected chi connectivity index (χ0v) is 11.2. The predicted molar refractivity (Wildman–Crippen MR) is 68.2 cm³/mol. The Balaban J connectivity index is 2.98. The summed E-state index contributed by atoms with van der Waals surface area (Å²) in [5.41, 5.74) is 2.61. The van der Waals surface area contributed by atoms with Gasteiger partial charge < -0.3 is 10.5 Å². The Morgan fingerprint density at radius 3 is 2.83 bits per heavy atom. The van der Waals surface area contributed by atoms with Gasteiger partial charge in [0.15, 0.2) is 0 Å². The van der Waals surface area contributed by atoms with Crippen molar-refractivity contribution in [3.63, 3.8) is 0 Å². The number of rotatable bonds is 6. The molecule has 102 valence electrons. The summed E-state index contributed by atoms with van der Waals surface area (Å²) in [5.74, 6) is 5.27. The van der Waals surface area contributed by atoms with E-state index in [2.05, 4.69) is 10.4 Å². The number of aliphatic hydroxyl groups excluding tert-OH is 1. The van der Waals surface area contributed by atoms with Crippen molar-refractivity contribution in [3.05, 3.63) is 18.5 Å². The summed E-state index contributed by atoms with van der Waals surface area (Å²) in [6.45, 7) is 1.83. The van der Waals surface area contributed by atoms with E-state index in [1.54, 1.807) is 6.92 Å². The molecule has 4 N–H and O–H groups in total. The van der Waals surface area contributed by atoms with Gasteiger partial charge in [-0.25, -0.2) is 12.7 Å². The van der Waals surface area contributed by atoms with Crippen molar-refractivity contribution in [2.45, 2.75) is 24.3 Å². The molecule has 0 aliphatic rings. The number of sulfonamides is 1. The van der Waals surface area contributed by atoms with E-state index < -0.39 is 16.1 Å². The van der Waals surface area contributed by atoms with Crippen LogP contribution in [0.5, 0.6) is 0 Å². The number of nitrogens with two attached hydrogens (primary N) is 1. The van der Waals surface area contributed by atoms with E-state index in [0.29, 0.717) is 6.42 Å². The third kappa shape index (κ3) is 3.39. The van der Waals surface area contributed by atoms with Gasteiger partial charge in [-0.05, 0) is 19.4 Å². The average molecular weight is 274 g/mol. The van der Waals surface area contributed by atoms with Crippen molar-refractivity contribution < 1.29 is 13.5 Å². The molecule has 0 bridgehead atoms. The fourth-order valence-electron chi connectivity index (χ4n) is 1.36. The molecule has 8 heteroatoms. The zero-order valence-electron chi connectivity index (χ0n) is 10.4. The molecule has 0 aliphatic heterocycles. The van der Waals surface area contributed by atoms with E-state index in [9.17, 15) is 13.5 Å². The number of nitrogens with zero attached hydrogens (tertiary/aromatic N) is 2. The van der Waals surface area contributed by atoms with Crippen LogP contribution in [0.15, 0.2) is 23.4 Å². The van der Waals surface area contributed by atoms with E-state index >= 15 is 0 Å². The van der Waals surface area contributed by atoms with E-state index in [1.165, 1.54) is 25.5 Å². The van der Waals surface area contributed by atoms with E-state index in [1.807, 2.05) is 0 Å². The fourth-order valence-corrected chi connectivity index (χ4v) is 2.64. The number of pyridine rings is 1. The van der Waals surface area contributed by atoms with Gasteiger partial charge in [0.1, 0.15) is 4.90 Å². The summed E-state index contributed by atoms with van der Waals surface area (Å²) < 4.78 is 25.6. The van der Waals surface area contributed by atoms with Crippen molar-refractivity contribution in [2.75, 3.05) is 19.0 Å². The third-order valence-electron chi connectivity index (χ3n) is 2.49. The summed E-state index contributed by atoms with van der Waals surface area (Å²) in [5, 5.41) is 9.17. The number of hydrogen-bond donors (Lipinski definition) is 3. The minimum atomic E-state index is -3.66. The Morgan fingerprint density at radius 1 is 1.61 bits per heavy atom. The van der Waals surface area contributed by atoms with E-state index in [0.717, 1.165) is 4.31 Å². The molecule has 1 aromatic rings. The summed E-state index contributed by atoms with van der Waals surface area (Å²) in [7, 11) is -2.21. The lowest BCUT2D eigenvalue weighted by atomic mass is 10.3. The zero-order chi connectivity index (χ0) is 13.8. The van der Waals surface area contributed by atoms with Crippen LogP contribution in [0.25, 0.3) is 0 Å². The van der Waals surface area contributed by atoms with Gasteiger partial charge in [0, 0.05) is 26.0 Å². The van der Waals surface area contributed by atoms with Gasteiger partial charge >= 0.3 is 0 Å². The lowest BCUT2D eigenvalue weighted by Gasteiger charge is -2.19. The highest BCUT2D eigenvalue weighted by Gasteiger charge is 2.24. The maximum absolute atomic E-state index is 12.2. The molecular weight excluding hydrogens is 256 g/mol. The van der Waals surface area contributed by atoms with Crippen LogP contribution in [0.3, 0.4) is 0 Å². The molecule has 0 aliphatic carbocycles. The molecule has 0 saturated heterocycles. The van der Waals surface area contributed by atoms with Crippen LogP contribution in [0.1, 0.15) is 13.3 Å². The fraction of sp³-hybridized carbons (Fsp3) is 0.500. The molecule has 0 aromatic carbocycles. The smallest absolute Gasteiger partial charge is 0.246 e. The highest BCUT2D eigenvalue weighted by atomic mass is 32.2. The van der Waals surface area contributed by atoms with Gasteiger partial charge in [0.05, 0.1) is 11.8 Å². The number of hydrazine groups is 1.